The van der Waals surface area contributed by atoms with Crippen LogP contribution in [0, 0.1) is 0 Å². The number of halogens is 1. The molecule has 0 spiro atoms. The molecule has 9 heteroatoms. The number of amides is 1. The Labute approximate surface area is 197 Å². The van der Waals surface area contributed by atoms with Gasteiger partial charge in [0.05, 0.1) is 18.1 Å². The maximum absolute atomic E-state index is 12.7. The van der Waals surface area contributed by atoms with Crippen LogP contribution in [0.4, 0.5) is 5.69 Å². The van der Waals surface area contributed by atoms with Crippen molar-refractivity contribution in [2.24, 2.45) is 0 Å². The molecule has 172 valence electrons. The van der Waals surface area contributed by atoms with Crippen LogP contribution in [0.1, 0.15) is 15.9 Å². The number of hydrogen-bond donors (Lipinski definition) is 1. The van der Waals surface area contributed by atoms with Crippen LogP contribution in [0.3, 0.4) is 0 Å². The van der Waals surface area contributed by atoms with E-state index >= 15 is 0 Å². The first-order valence-corrected chi connectivity index (χ1v) is 12.2. The van der Waals surface area contributed by atoms with Crippen LogP contribution in [0.5, 0.6) is 5.75 Å². The summed E-state index contributed by atoms with van der Waals surface area (Å²) in [6.07, 6.45) is 0. The van der Waals surface area contributed by atoms with Crippen molar-refractivity contribution in [3.63, 3.8) is 0 Å². The maximum Gasteiger partial charge on any atom is 0.255 e. The zero-order valence-corrected chi connectivity index (χ0v) is 19.3. The fourth-order valence-electron chi connectivity index (χ4n) is 3.33. The Kier molecular flexibility index (Phi) is 7.29. The molecular formula is C24H23ClN2O5S. The van der Waals surface area contributed by atoms with Gasteiger partial charge in [0, 0.05) is 34.9 Å². The Hall–Kier alpha value is -2.91. The molecule has 3 aromatic rings. The maximum atomic E-state index is 12.7. The zero-order chi connectivity index (χ0) is 23.3. The molecule has 1 saturated heterocycles. The topological polar surface area (TPSA) is 84.9 Å². The first-order valence-electron chi connectivity index (χ1n) is 10.4. The van der Waals surface area contributed by atoms with Crippen molar-refractivity contribution in [3.05, 3.63) is 88.9 Å². The average Bonchev–Trinajstić information content (AvgIpc) is 2.85. The Bertz CT molecular complexity index is 1210. The number of ether oxygens (including phenoxy) is 2. The Morgan fingerprint density at radius 1 is 0.970 bits per heavy atom. The van der Waals surface area contributed by atoms with Crippen molar-refractivity contribution in [1.82, 2.24) is 4.31 Å². The third-order valence-electron chi connectivity index (χ3n) is 5.19. The standard InChI is InChI=1S/C24H23ClN2O5S/c25-23-4-2-1-3-19(23)17-32-21-9-5-18(6-10-21)24(28)26-20-7-11-22(12-8-20)33(29,30)27-13-15-31-16-14-27/h1-12H,13-17H2,(H,26,28). The number of hydrogen-bond acceptors (Lipinski definition) is 5. The van der Waals surface area contributed by atoms with E-state index in [-0.39, 0.29) is 10.8 Å². The molecule has 0 atom stereocenters. The summed E-state index contributed by atoms with van der Waals surface area (Å²) < 4.78 is 37.8. The molecule has 0 aromatic heterocycles. The highest BCUT2D eigenvalue weighted by molar-refractivity contribution is 7.89. The lowest BCUT2D eigenvalue weighted by Crippen LogP contribution is -2.40. The van der Waals surface area contributed by atoms with Gasteiger partial charge in [0.15, 0.2) is 0 Å². The van der Waals surface area contributed by atoms with E-state index in [0.29, 0.717) is 54.9 Å². The molecule has 0 unspecified atom stereocenters. The average molecular weight is 487 g/mol. The van der Waals surface area contributed by atoms with Gasteiger partial charge in [0.25, 0.3) is 5.91 Å². The highest BCUT2D eigenvalue weighted by atomic mass is 35.5. The van der Waals surface area contributed by atoms with Crippen molar-refractivity contribution in [2.45, 2.75) is 11.5 Å². The fourth-order valence-corrected chi connectivity index (χ4v) is 4.93. The van der Waals surface area contributed by atoms with Crippen LogP contribution >= 0.6 is 11.6 Å². The van der Waals surface area contributed by atoms with Gasteiger partial charge in [-0.1, -0.05) is 29.8 Å². The summed E-state index contributed by atoms with van der Waals surface area (Å²) in [7, 11) is -3.57. The van der Waals surface area contributed by atoms with E-state index in [1.807, 2.05) is 18.2 Å². The number of carbonyl (C=O) groups excluding carboxylic acids is 1. The summed E-state index contributed by atoms with van der Waals surface area (Å²) in [6, 6.07) is 20.3. The number of nitrogens with zero attached hydrogens (tertiary/aromatic N) is 1. The van der Waals surface area contributed by atoms with Gasteiger partial charge in [-0.2, -0.15) is 4.31 Å². The van der Waals surface area contributed by atoms with E-state index in [1.165, 1.54) is 16.4 Å². The molecule has 1 fully saturated rings. The van der Waals surface area contributed by atoms with E-state index in [9.17, 15) is 13.2 Å². The first-order chi connectivity index (χ1) is 15.9. The van der Waals surface area contributed by atoms with Gasteiger partial charge in [0.2, 0.25) is 10.0 Å². The minimum atomic E-state index is -3.57. The van der Waals surface area contributed by atoms with Crippen molar-refractivity contribution in [2.75, 3.05) is 31.6 Å². The van der Waals surface area contributed by atoms with Gasteiger partial charge >= 0.3 is 0 Å². The molecule has 4 rings (SSSR count). The lowest BCUT2D eigenvalue weighted by Gasteiger charge is -2.26. The normalized spacial score (nSPS) is 14.6. The van der Waals surface area contributed by atoms with E-state index in [2.05, 4.69) is 5.32 Å². The summed E-state index contributed by atoms with van der Waals surface area (Å²) in [5.74, 6) is 0.306. The lowest BCUT2D eigenvalue weighted by molar-refractivity contribution is 0.0730. The summed E-state index contributed by atoms with van der Waals surface area (Å²) in [5.41, 5.74) is 1.82. The first kappa shape index (κ1) is 23.3. The van der Waals surface area contributed by atoms with Crippen molar-refractivity contribution < 1.29 is 22.7 Å². The predicted octanol–water partition coefficient (Wildman–Crippen LogP) is 4.19. The summed E-state index contributed by atoms with van der Waals surface area (Å²) in [4.78, 5) is 12.8. The molecule has 0 radical (unpaired) electrons. The summed E-state index contributed by atoms with van der Waals surface area (Å²) >= 11 is 6.13. The SMILES string of the molecule is O=C(Nc1ccc(S(=O)(=O)N2CCOCC2)cc1)c1ccc(OCc2ccccc2Cl)cc1. The monoisotopic (exact) mass is 486 g/mol. The molecule has 1 heterocycles. The molecule has 0 saturated carbocycles. The van der Waals surface area contributed by atoms with Gasteiger partial charge in [-0.15, -0.1) is 0 Å². The highest BCUT2D eigenvalue weighted by Crippen LogP contribution is 2.21. The quantitative estimate of drug-likeness (QED) is 0.541. The number of benzene rings is 3. The van der Waals surface area contributed by atoms with Crippen LogP contribution in [0.25, 0.3) is 0 Å². The second kappa shape index (κ2) is 10.4. The third-order valence-corrected chi connectivity index (χ3v) is 7.47. The van der Waals surface area contributed by atoms with Crippen LogP contribution < -0.4 is 10.1 Å². The van der Waals surface area contributed by atoms with Gasteiger partial charge in [-0.05, 0) is 54.6 Å². The minimum Gasteiger partial charge on any atom is -0.489 e. The number of rotatable bonds is 7. The molecule has 1 aliphatic heterocycles. The second-order valence-electron chi connectivity index (χ2n) is 7.40. The van der Waals surface area contributed by atoms with Gasteiger partial charge in [0.1, 0.15) is 12.4 Å². The van der Waals surface area contributed by atoms with Crippen LogP contribution in [0.2, 0.25) is 5.02 Å². The Balaban J connectivity index is 1.35. The number of morpholine rings is 1. The van der Waals surface area contributed by atoms with Gasteiger partial charge in [-0.25, -0.2) is 8.42 Å². The molecule has 1 amide bonds. The minimum absolute atomic E-state index is 0.183. The number of nitrogens with one attached hydrogen (secondary N) is 1. The van der Waals surface area contributed by atoms with Crippen molar-refractivity contribution in [3.8, 4) is 5.75 Å². The highest BCUT2D eigenvalue weighted by Gasteiger charge is 2.26. The third kappa shape index (κ3) is 5.72. The predicted molar refractivity (Wildman–Crippen MR) is 126 cm³/mol. The zero-order valence-electron chi connectivity index (χ0n) is 17.7. The molecule has 3 aromatic carbocycles. The lowest BCUT2D eigenvalue weighted by atomic mass is 10.2. The Morgan fingerprint density at radius 2 is 1.64 bits per heavy atom. The number of sulfonamides is 1. The van der Waals surface area contributed by atoms with E-state index in [4.69, 9.17) is 21.1 Å². The van der Waals surface area contributed by atoms with E-state index in [1.54, 1.807) is 42.5 Å². The molecule has 0 bridgehead atoms. The number of anilines is 1. The molecule has 33 heavy (non-hydrogen) atoms. The molecule has 1 aliphatic rings. The van der Waals surface area contributed by atoms with E-state index in [0.717, 1.165) is 5.56 Å². The summed E-state index contributed by atoms with van der Waals surface area (Å²) in [6.45, 7) is 1.76. The van der Waals surface area contributed by atoms with Crippen molar-refractivity contribution >= 4 is 33.2 Å². The van der Waals surface area contributed by atoms with Crippen molar-refractivity contribution in [1.29, 1.82) is 0 Å². The largest absolute Gasteiger partial charge is 0.489 e. The van der Waals surface area contributed by atoms with Crippen LogP contribution in [-0.2, 0) is 21.4 Å². The second-order valence-corrected chi connectivity index (χ2v) is 9.74. The molecule has 7 nitrogen and oxygen atoms in total. The van der Waals surface area contributed by atoms with Crippen LogP contribution in [0.15, 0.2) is 77.7 Å². The van der Waals surface area contributed by atoms with Gasteiger partial charge in [-0.3, -0.25) is 4.79 Å². The fraction of sp³-hybridized carbons (Fsp3) is 0.208. The molecule has 1 N–H and O–H groups in total. The Morgan fingerprint density at radius 3 is 2.30 bits per heavy atom. The van der Waals surface area contributed by atoms with Gasteiger partial charge < -0.3 is 14.8 Å². The molecular weight excluding hydrogens is 464 g/mol. The van der Waals surface area contributed by atoms with E-state index < -0.39 is 10.0 Å². The smallest absolute Gasteiger partial charge is 0.255 e. The summed E-state index contributed by atoms with van der Waals surface area (Å²) in [5, 5.41) is 3.41. The van der Waals surface area contributed by atoms with Crippen LogP contribution in [-0.4, -0.2) is 44.9 Å². The number of carbonyl (C=O) groups is 1. The molecule has 0 aliphatic carbocycles.